The normalized spacial score (nSPS) is 10.2. The second-order valence-electron chi connectivity index (χ2n) is 4.03. The number of benzene rings is 1. The van der Waals surface area contributed by atoms with E-state index in [9.17, 15) is 9.59 Å². The van der Waals surface area contributed by atoms with Crippen LogP contribution in [0.1, 0.15) is 15.9 Å². The minimum atomic E-state index is -1.25. The maximum atomic E-state index is 11.8. The molecule has 0 aliphatic heterocycles. The van der Waals surface area contributed by atoms with Gasteiger partial charge in [0.15, 0.2) is 0 Å². The third kappa shape index (κ3) is 3.87. The monoisotopic (exact) mass is 328 g/mol. The maximum Gasteiger partial charge on any atom is 0.337 e. The zero-order valence-electron chi connectivity index (χ0n) is 10.5. The quantitative estimate of drug-likeness (QED) is 0.692. The van der Waals surface area contributed by atoms with Crippen molar-refractivity contribution >= 4 is 40.9 Å². The Morgan fingerprint density at radius 3 is 2.71 bits per heavy atom. The van der Waals surface area contributed by atoms with E-state index in [1.165, 1.54) is 12.1 Å². The summed E-state index contributed by atoms with van der Waals surface area (Å²) in [6.07, 6.45) is 3.18. The molecular formula is C12H10Cl2N4O3. The summed E-state index contributed by atoms with van der Waals surface area (Å²) < 4.78 is 0. The number of anilines is 1. The molecule has 0 atom stereocenters. The van der Waals surface area contributed by atoms with E-state index >= 15 is 0 Å². The van der Waals surface area contributed by atoms with Crippen molar-refractivity contribution in [2.75, 3.05) is 5.32 Å². The van der Waals surface area contributed by atoms with Crippen LogP contribution in [0.5, 0.6) is 0 Å². The van der Waals surface area contributed by atoms with Gasteiger partial charge in [0, 0.05) is 23.3 Å². The van der Waals surface area contributed by atoms with Crippen LogP contribution in [0.4, 0.5) is 10.5 Å². The van der Waals surface area contributed by atoms with Gasteiger partial charge in [-0.15, -0.1) is 0 Å². The van der Waals surface area contributed by atoms with E-state index in [1.807, 2.05) is 0 Å². The Hall–Kier alpha value is -2.25. The summed E-state index contributed by atoms with van der Waals surface area (Å²) in [5.74, 6) is -1.25. The van der Waals surface area contributed by atoms with Crippen molar-refractivity contribution < 1.29 is 14.7 Å². The number of hydrogen-bond donors (Lipinski definition) is 4. The Balaban J connectivity index is 2.11. The van der Waals surface area contributed by atoms with E-state index in [2.05, 4.69) is 20.8 Å². The molecule has 1 heterocycles. The summed E-state index contributed by atoms with van der Waals surface area (Å²) >= 11 is 11.7. The molecule has 0 spiro atoms. The number of nitrogens with one attached hydrogen (secondary N) is 3. The van der Waals surface area contributed by atoms with Crippen molar-refractivity contribution in [2.24, 2.45) is 0 Å². The Morgan fingerprint density at radius 1 is 1.33 bits per heavy atom. The van der Waals surface area contributed by atoms with Gasteiger partial charge in [0.05, 0.1) is 22.5 Å². The van der Waals surface area contributed by atoms with Crippen molar-refractivity contribution in [3.8, 4) is 0 Å². The first kappa shape index (κ1) is 15.1. The van der Waals surface area contributed by atoms with Crippen LogP contribution in [0.25, 0.3) is 0 Å². The fraction of sp³-hybridized carbons (Fsp3) is 0.0833. The molecule has 7 nitrogen and oxygen atoms in total. The van der Waals surface area contributed by atoms with Crippen molar-refractivity contribution in [1.29, 1.82) is 0 Å². The predicted molar refractivity (Wildman–Crippen MR) is 77.9 cm³/mol. The third-order valence-electron chi connectivity index (χ3n) is 2.53. The Labute approximate surface area is 129 Å². The van der Waals surface area contributed by atoms with Gasteiger partial charge in [0.2, 0.25) is 0 Å². The lowest BCUT2D eigenvalue weighted by Crippen LogP contribution is -2.29. The number of carbonyl (C=O) groups excluding carboxylic acids is 1. The van der Waals surface area contributed by atoms with Crippen molar-refractivity contribution in [2.45, 2.75) is 6.54 Å². The predicted octanol–water partition coefficient (Wildman–Crippen LogP) is 2.74. The van der Waals surface area contributed by atoms with E-state index in [-0.39, 0.29) is 27.8 Å². The SMILES string of the molecule is O=C(NCc1cn[nH]c1)Nc1c(Cl)cc(Cl)cc1C(=O)O. The van der Waals surface area contributed by atoms with E-state index in [4.69, 9.17) is 28.3 Å². The average Bonchev–Trinajstić information content (AvgIpc) is 2.92. The fourth-order valence-electron chi connectivity index (χ4n) is 1.58. The molecule has 4 N–H and O–H groups in total. The number of amides is 2. The standard InChI is InChI=1S/C12H10Cl2N4O3/c13-7-1-8(11(19)20)10(9(14)2-7)18-12(21)15-3-6-4-16-17-5-6/h1-2,4-5H,3H2,(H,16,17)(H,19,20)(H2,15,18,21). The number of aromatic amines is 1. The van der Waals surface area contributed by atoms with Crippen LogP contribution in [0.2, 0.25) is 10.0 Å². The van der Waals surface area contributed by atoms with Gasteiger partial charge in [-0.3, -0.25) is 5.10 Å². The molecule has 2 aromatic rings. The largest absolute Gasteiger partial charge is 0.478 e. The molecule has 2 amide bonds. The number of nitrogens with zero attached hydrogens (tertiary/aromatic N) is 1. The number of carboxylic acids is 1. The van der Waals surface area contributed by atoms with Crippen LogP contribution in [0, 0.1) is 0 Å². The molecule has 2 rings (SSSR count). The molecule has 1 aromatic heterocycles. The number of halogens is 2. The molecule has 110 valence electrons. The van der Waals surface area contributed by atoms with Gasteiger partial charge in [-0.1, -0.05) is 23.2 Å². The van der Waals surface area contributed by atoms with Crippen LogP contribution in [0.15, 0.2) is 24.5 Å². The smallest absolute Gasteiger partial charge is 0.337 e. The Bertz CT molecular complexity index is 673. The lowest BCUT2D eigenvalue weighted by molar-refractivity contribution is 0.0698. The molecule has 0 saturated carbocycles. The summed E-state index contributed by atoms with van der Waals surface area (Å²) in [6, 6.07) is 1.96. The first-order chi connectivity index (χ1) is 9.97. The van der Waals surface area contributed by atoms with Crippen molar-refractivity contribution in [3.63, 3.8) is 0 Å². The summed E-state index contributed by atoms with van der Waals surface area (Å²) in [6.45, 7) is 0.232. The molecule has 0 aliphatic carbocycles. The molecule has 0 unspecified atom stereocenters. The van der Waals surface area contributed by atoms with E-state index in [0.717, 1.165) is 5.56 Å². The number of hydrogen-bond acceptors (Lipinski definition) is 3. The van der Waals surface area contributed by atoms with E-state index in [0.29, 0.717) is 0 Å². The topological polar surface area (TPSA) is 107 Å². The van der Waals surface area contributed by atoms with Crippen LogP contribution < -0.4 is 10.6 Å². The highest BCUT2D eigenvalue weighted by atomic mass is 35.5. The fourth-order valence-corrected chi connectivity index (χ4v) is 2.12. The third-order valence-corrected chi connectivity index (χ3v) is 3.05. The number of carbonyl (C=O) groups is 2. The lowest BCUT2D eigenvalue weighted by Gasteiger charge is -2.11. The number of carboxylic acid groups (broad SMARTS) is 1. The van der Waals surface area contributed by atoms with Crippen LogP contribution >= 0.6 is 23.2 Å². The summed E-state index contributed by atoms with van der Waals surface area (Å²) in [5, 5.41) is 20.6. The number of urea groups is 1. The lowest BCUT2D eigenvalue weighted by atomic mass is 10.2. The number of rotatable bonds is 4. The minimum Gasteiger partial charge on any atom is -0.478 e. The molecular weight excluding hydrogens is 319 g/mol. The average molecular weight is 329 g/mol. The van der Waals surface area contributed by atoms with Crippen LogP contribution in [0.3, 0.4) is 0 Å². The Morgan fingerprint density at radius 2 is 2.10 bits per heavy atom. The number of aromatic carboxylic acids is 1. The molecule has 0 radical (unpaired) electrons. The second-order valence-corrected chi connectivity index (χ2v) is 4.87. The molecule has 0 saturated heterocycles. The van der Waals surface area contributed by atoms with Gasteiger partial charge < -0.3 is 15.7 Å². The van der Waals surface area contributed by atoms with Crippen molar-refractivity contribution in [1.82, 2.24) is 15.5 Å². The highest BCUT2D eigenvalue weighted by molar-refractivity contribution is 6.37. The summed E-state index contributed by atoms with van der Waals surface area (Å²) in [4.78, 5) is 22.9. The van der Waals surface area contributed by atoms with Gasteiger partial charge in [0.1, 0.15) is 0 Å². The molecule has 0 bridgehead atoms. The van der Waals surface area contributed by atoms with Gasteiger partial charge in [0.25, 0.3) is 0 Å². The zero-order chi connectivity index (χ0) is 15.4. The highest BCUT2D eigenvalue weighted by Crippen LogP contribution is 2.30. The highest BCUT2D eigenvalue weighted by Gasteiger charge is 2.17. The van der Waals surface area contributed by atoms with Gasteiger partial charge in [-0.05, 0) is 12.1 Å². The van der Waals surface area contributed by atoms with E-state index in [1.54, 1.807) is 12.4 Å². The van der Waals surface area contributed by atoms with Gasteiger partial charge in [-0.2, -0.15) is 5.10 Å². The Kier molecular flexibility index (Phi) is 4.66. The first-order valence-electron chi connectivity index (χ1n) is 5.72. The maximum absolute atomic E-state index is 11.8. The minimum absolute atomic E-state index is 0.0155. The van der Waals surface area contributed by atoms with Crippen LogP contribution in [-0.4, -0.2) is 27.3 Å². The van der Waals surface area contributed by atoms with Crippen LogP contribution in [-0.2, 0) is 6.54 Å². The molecule has 21 heavy (non-hydrogen) atoms. The molecule has 0 aliphatic rings. The molecule has 9 heteroatoms. The first-order valence-corrected chi connectivity index (χ1v) is 6.48. The summed E-state index contributed by atoms with van der Waals surface area (Å²) in [7, 11) is 0. The van der Waals surface area contributed by atoms with Gasteiger partial charge >= 0.3 is 12.0 Å². The molecule has 1 aromatic carbocycles. The van der Waals surface area contributed by atoms with E-state index < -0.39 is 12.0 Å². The summed E-state index contributed by atoms with van der Waals surface area (Å²) in [5.41, 5.74) is 0.565. The van der Waals surface area contributed by atoms with Gasteiger partial charge in [-0.25, -0.2) is 9.59 Å². The number of aromatic nitrogens is 2. The second kappa shape index (κ2) is 6.47. The number of H-pyrrole nitrogens is 1. The molecule has 0 fully saturated rings. The van der Waals surface area contributed by atoms with Crippen molar-refractivity contribution in [3.05, 3.63) is 45.7 Å². The zero-order valence-corrected chi connectivity index (χ0v) is 12.0.